The normalized spacial score (nSPS) is 21.2. The summed E-state index contributed by atoms with van der Waals surface area (Å²) in [5, 5.41) is 22.9. The lowest BCUT2D eigenvalue weighted by molar-refractivity contribution is -0.384. The summed E-state index contributed by atoms with van der Waals surface area (Å²) in [6.45, 7) is 0.277. The molecule has 114 valence electrons. The number of halogens is 2. The average molecular weight is 361 g/mol. The van der Waals surface area contributed by atoms with E-state index in [1.54, 1.807) is 0 Å². The van der Waals surface area contributed by atoms with Gasteiger partial charge in [0.15, 0.2) is 0 Å². The molecule has 1 aromatic rings. The maximum Gasteiger partial charge on any atom is 0.306 e. The van der Waals surface area contributed by atoms with Crippen LogP contribution in [-0.2, 0) is 4.79 Å². The zero-order valence-electron chi connectivity index (χ0n) is 11.0. The summed E-state index contributed by atoms with van der Waals surface area (Å²) in [5.41, 5.74) is -0.176. The van der Waals surface area contributed by atoms with Crippen LogP contribution >= 0.6 is 15.9 Å². The van der Waals surface area contributed by atoms with Crippen molar-refractivity contribution in [3.05, 3.63) is 32.5 Å². The zero-order valence-corrected chi connectivity index (χ0v) is 12.6. The Labute approximate surface area is 128 Å². The Kier molecular flexibility index (Phi) is 4.76. The quantitative estimate of drug-likeness (QED) is 0.619. The first-order chi connectivity index (χ1) is 9.90. The Balaban J connectivity index is 2.14. The predicted octanol–water partition coefficient (Wildman–Crippen LogP) is 3.41. The lowest BCUT2D eigenvalue weighted by atomic mass is 9.96. The van der Waals surface area contributed by atoms with Gasteiger partial charge in [-0.2, -0.15) is 0 Å². The number of benzene rings is 1. The molecule has 0 amide bonds. The third kappa shape index (κ3) is 3.49. The highest BCUT2D eigenvalue weighted by Gasteiger charge is 2.33. The Hall–Kier alpha value is -1.70. The van der Waals surface area contributed by atoms with E-state index in [-0.39, 0.29) is 28.3 Å². The molecule has 0 radical (unpaired) electrons. The van der Waals surface area contributed by atoms with Crippen LogP contribution < -0.4 is 5.32 Å². The van der Waals surface area contributed by atoms with E-state index in [4.69, 9.17) is 5.11 Å². The molecular weight excluding hydrogens is 347 g/mol. The molecule has 0 saturated heterocycles. The molecule has 0 spiro atoms. The first-order valence-corrected chi connectivity index (χ1v) is 7.29. The number of nitrogens with one attached hydrogen (secondary N) is 1. The van der Waals surface area contributed by atoms with Gasteiger partial charge in [0.05, 0.1) is 15.3 Å². The molecule has 1 aromatic carbocycles. The van der Waals surface area contributed by atoms with Gasteiger partial charge in [0.1, 0.15) is 11.5 Å². The molecule has 21 heavy (non-hydrogen) atoms. The molecule has 0 bridgehead atoms. The average Bonchev–Trinajstić information content (AvgIpc) is 2.88. The van der Waals surface area contributed by atoms with Crippen LogP contribution in [0.25, 0.3) is 0 Å². The first-order valence-electron chi connectivity index (χ1n) is 6.50. The number of carboxylic acid groups (broad SMARTS) is 1. The van der Waals surface area contributed by atoms with Crippen LogP contribution in [0, 0.1) is 27.8 Å². The molecular formula is C13H14BrFN2O4. The molecule has 2 N–H and O–H groups in total. The number of rotatable bonds is 5. The monoisotopic (exact) mass is 360 g/mol. The van der Waals surface area contributed by atoms with Crippen LogP contribution in [0.4, 0.5) is 15.8 Å². The van der Waals surface area contributed by atoms with Gasteiger partial charge in [0, 0.05) is 18.7 Å². The number of hydrogen-bond donors (Lipinski definition) is 2. The number of nitrogens with zero attached hydrogens (tertiary/aromatic N) is 1. The first kappa shape index (κ1) is 15.7. The van der Waals surface area contributed by atoms with Gasteiger partial charge in [-0.1, -0.05) is 6.42 Å². The summed E-state index contributed by atoms with van der Waals surface area (Å²) in [7, 11) is 0. The highest BCUT2D eigenvalue weighted by Crippen LogP contribution is 2.34. The van der Waals surface area contributed by atoms with E-state index in [0.29, 0.717) is 6.42 Å². The van der Waals surface area contributed by atoms with Crippen molar-refractivity contribution < 1.29 is 19.2 Å². The number of nitro benzene ring substituents is 1. The summed E-state index contributed by atoms with van der Waals surface area (Å²) in [6.07, 6.45) is 2.18. The van der Waals surface area contributed by atoms with Gasteiger partial charge in [0.25, 0.3) is 5.69 Å². The lowest BCUT2D eigenvalue weighted by Gasteiger charge is -2.17. The maximum absolute atomic E-state index is 13.5. The van der Waals surface area contributed by atoms with Crippen molar-refractivity contribution in [3.8, 4) is 0 Å². The molecule has 1 aliphatic carbocycles. The van der Waals surface area contributed by atoms with Crippen LogP contribution in [0.1, 0.15) is 19.3 Å². The molecule has 0 aromatic heterocycles. The number of carbonyl (C=O) groups is 1. The van der Waals surface area contributed by atoms with Crippen molar-refractivity contribution in [2.75, 3.05) is 11.9 Å². The highest BCUT2D eigenvalue weighted by atomic mass is 79.9. The molecule has 1 fully saturated rings. The van der Waals surface area contributed by atoms with Crippen molar-refractivity contribution in [1.29, 1.82) is 0 Å². The fourth-order valence-corrected chi connectivity index (χ4v) is 3.01. The zero-order chi connectivity index (χ0) is 15.6. The minimum Gasteiger partial charge on any atom is -0.481 e. The number of aliphatic carboxylic acids is 1. The highest BCUT2D eigenvalue weighted by molar-refractivity contribution is 9.10. The van der Waals surface area contributed by atoms with Crippen LogP contribution in [0.15, 0.2) is 16.6 Å². The Morgan fingerprint density at radius 1 is 1.52 bits per heavy atom. The third-order valence-corrected chi connectivity index (χ3v) is 4.37. The standard InChI is InChI=1S/C13H14BrFN2O4/c14-9-4-12(17(20)21)11(5-10(9)15)16-6-7-2-1-3-8(7)13(18)19/h4-5,7-8,16H,1-3,6H2,(H,18,19). The molecule has 2 unspecified atom stereocenters. The molecule has 1 saturated carbocycles. The van der Waals surface area contributed by atoms with Gasteiger partial charge in [-0.3, -0.25) is 14.9 Å². The minimum absolute atomic E-state index is 0.0176. The second-order valence-electron chi connectivity index (χ2n) is 5.06. The largest absolute Gasteiger partial charge is 0.481 e. The topological polar surface area (TPSA) is 92.5 Å². The lowest BCUT2D eigenvalue weighted by Crippen LogP contribution is -2.24. The Morgan fingerprint density at radius 2 is 2.24 bits per heavy atom. The summed E-state index contributed by atoms with van der Waals surface area (Å²) >= 11 is 2.91. The van der Waals surface area contributed by atoms with E-state index in [2.05, 4.69) is 21.2 Å². The predicted molar refractivity (Wildman–Crippen MR) is 77.7 cm³/mol. The summed E-state index contributed by atoms with van der Waals surface area (Å²) in [5.74, 6) is -2.01. The van der Waals surface area contributed by atoms with Gasteiger partial charge in [-0.15, -0.1) is 0 Å². The van der Waals surface area contributed by atoms with Crippen molar-refractivity contribution >= 4 is 33.3 Å². The summed E-state index contributed by atoms with van der Waals surface area (Å²) < 4.78 is 13.5. The Morgan fingerprint density at radius 3 is 2.86 bits per heavy atom. The van der Waals surface area contributed by atoms with Crippen LogP contribution in [0.5, 0.6) is 0 Å². The molecule has 2 atom stereocenters. The van der Waals surface area contributed by atoms with Gasteiger partial charge in [-0.25, -0.2) is 4.39 Å². The van der Waals surface area contributed by atoms with Crippen LogP contribution in [0.3, 0.4) is 0 Å². The second-order valence-corrected chi connectivity index (χ2v) is 5.91. The van der Waals surface area contributed by atoms with E-state index < -0.39 is 22.6 Å². The van der Waals surface area contributed by atoms with Crippen LogP contribution in [0.2, 0.25) is 0 Å². The molecule has 0 heterocycles. The number of anilines is 1. The third-order valence-electron chi connectivity index (χ3n) is 3.77. The summed E-state index contributed by atoms with van der Waals surface area (Å²) in [6, 6.07) is 2.15. The molecule has 0 aliphatic heterocycles. The minimum atomic E-state index is -0.851. The Bertz CT molecular complexity index is 582. The van der Waals surface area contributed by atoms with E-state index in [1.165, 1.54) is 0 Å². The SMILES string of the molecule is O=C(O)C1CCCC1CNc1cc(F)c(Br)cc1[N+](=O)[O-]. The van der Waals surface area contributed by atoms with Crippen molar-refractivity contribution in [3.63, 3.8) is 0 Å². The molecule has 6 nitrogen and oxygen atoms in total. The van der Waals surface area contributed by atoms with E-state index in [9.17, 15) is 19.3 Å². The van der Waals surface area contributed by atoms with Gasteiger partial charge in [-0.05, 0) is 34.7 Å². The fourth-order valence-electron chi connectivity index (χ4n) is 2.68. The fraction of sp³-hybridized carbons (Fsp3) is 0.462. The molecule has 1 aliphatic rings. The van der Waals surface area contributed by atoms with Crippen molar-refractivity contribution in [2.45, 2.75) is 19.3 Å². The van der Waals surface area contributed by atoms with E-state index >= 15 is 0 Å². The number of nitro groups is 1. The van der Waals surface area contributed by atoms with E-state index in [1.807, 2.05) is 0 Å². The van der Waals surface area contributed by atoms with Crippen molar-refractivity contribution in [2.24, 2.45) is 11.8 Å². The van der Waals surface area contributed by atoms with Gasteiger partial charge >= 0.3 is 5.97 Å². The number of hydrogen-bond acceptors (Lipinski definition) is 4. The van der Waals surface area contributed by atoms with Gasteiger partial charge < -0.3 is 10.4 Å². The van der Waals surface area contributed by atoms with E-state index in [0.717, 1.165) is 25.0 Å². The molecule has 8 heteroatoms. The number of carboxylic acids is 1. The molecule has 2 rings (SSSR count). The smallest absolute Gasteiger partial charge is 0.306 e. The van der Waals surface area contributed by atoms with Crippen molar-refractivity contribution in [1.82, 2.24) is 0 Å². The second kappa shape index (κ2) is 6.38. The van der Waals surface area contributed by atoms with Gasteiger partial charge in [0.2, 0.25) is 0 Å². The summed E-state index contributed by atoms with van der Waals surface area (Å²) in [4.78, 5) is 21.5. The maximum atomic E-state index is 13.5. The van der Waals surface area contributed by atoms with Crippen LogP contribution in [-0.4, -0.2) is 22.5 Å².